The molecule has 0 aromatic carbocycles. The van der Waals surface area contributed by atoms with Crippen LogP contribution in [-0.4, -0.2) is 56.2 Å². The molecule has 6 rings (SSSR count). The Morgan fingerprint density at radius 1 is 1.15 bits per heavy atom. The summed E-state index contributed by atoms with van der Waals surface area (Å²) in [6.07, 6.45) is 4.74. The van der Waals surface area contributed by atoms with Crippen LogP contribution in [0.25, 0.3) is 16.6 Å². The first-order chi connectivity index (χ1) is 16.1. The van der Waals surface area contributed by atoms with Crippen LogP contribution < -0.4 is 15.4 Å². The first kappa shape index (κ1) is 20.1. The highest BCUT2D eigenvalue weighted by Gasteiger charge is 2.47. The summed E-state index contributed by atoms with van der Waals surface area (Å²) in [6.45, 7) is 5.98. The third-order valence-corrected chi connectivity index (χ3v) is 6.25. The lowest BCUT2D eigenvalue weighted by molar-refractivity contribution is -0.0363. The number of hydrogen-bond acceptors (Lipinski definition) is 8. The summed E-state index contributed by atoms with van der Waals surface area (Å²) in [7, 11) is 0. The van der Waals surface area contributed by atoms with E-state index in [4.69, 9.17) is 9.47 Å². The van der Waals surface area contributed by atoms with Gasteiger partial charge >= 0.3 is 0 Å². The number of rotatable bonds is 6. The predicted molar refractivity (Wildman–Crippen MR) is 124 cm³/mol. The molecule has 0 aliphatic carbocycles. The molecule has 2 aliphatic rings. The van der Waals surface area contributed by atoms with Crippen molar-refractivity contribution in [2.45, 2.75) is 31.9 Å². The van der Waals surface area contributed by atoms with Gasteiger partial charge in [-0.2, -0.15) is 10.2 Å². The molecule has 33 heavy (non-hydrogen) atoms. The molecule has 0 unspecified atom stereocenters. The fourth-order valence-corrected chi connectivity index (χ4v) is 4.50. The maximum Gasteiger partial charge on any atom is 0.154 e. The van der Waals surface area contributed by atoms with Crippen LogP contribution in [0, 0.1) is 13.8 Å². The molecule has 2 N–H and O–H groups in total. The molecule has 0 saturated carbocycles. The Morgan fingerprint density at radius 2 is 2.09 bits per heavy atom. The summed E-state index contributed by atoms with van der Waals surface area (Å²) in [5.41, 5.74) is 4.56. The van der Waals surface area contributed by atoms with Crippen LogP contribution in [0.3, 0.4) is 0 Å². The van der Waals surface area contributed by atoms with Gasteiger partial charge in [0.15, 0.2) is 11.6 Å². The Bertz CT molecular complexity index is 1310. The van der Waals surface area contributed by atoms with Crippen LogP contribution in [0.5, 0.6) is 5.75 Å². The van der Waals surface area contributed by atoms with E-state index >= 15 is 0 Å². The van der Waals surface area contributed by atoms with Crippen molar-refractivity contribution in [2.75, 3.05) is 25.1 Å². The number of ether oxygens (including phenoxy) is 2. The lowest BCUT2D eigenvalue weighted by Crippen LogP contribution is -2.43. The summed E-state index contributed by atoms with van der Waals surface area (Å²) < 4.78 is 14.1. The van der Waals surface area contributed by atoms with Crippen molar-refractivity contribution in [3.63, 3.8) is 0 Å². The number of pyridine rings is 2. The first-order valence-electron chi connectivity index (χ1n) is 11.1. The van der Waals surface area contributed by atoms with Crippen LogP contribution in [0.15, 0.2) is 48.8 Å². The fraction of sp³-hybridized carbons (Fsp3) is 0.333. The monoisotopic (exact) mass is 443 g/mol. The van der Waals surface area contributed by atoms with Crippen molar-refractivity contribution in [3.8, 4) is 16.9 Å². The molecular formula is C24H25N7O2. The number of nitrogens with one attached hydrogen (secondary N) is 2. The van der Waals surface area contributed by atoms with E-state index in [2.05, 4.69) is 43.0 Å². The first-order valence-corrected chi connectivity index (χ1v) is 11.1. The van der Waals surface area contributed by atoms with Gasteiger partial charge in [-0.25, -0.2) is 4.52 Å². The Kier molecular flexibility index (Phi) is 4.74. The van der Waals surface area contributed by atoms with E-state index in [1.165, 1.54) is 0 Å². The predicted octanol–water partition coefficient (Wildman–Crippen LogP) is 3.06. The van der Waals surface area contributed by atoms with Gasteiger partial charge in [0, 0.05) is 36.1 Å². The third kappa shape index (κ3) is 3.90. The van der Waals surface area contributed by atoms with E-state index in [0.29, 0.717) is 24.3 Å². The number of fused-ring (bicyclic) bond motifs is 3. The average molecular weight is 444 g/mol. The molecule has 4 aromatic rings. The second kappa shape index (κ2) is 7.79. The number of aromatic nitrogens is 5. The summed E-state index contributed by atoms with van der Waals surface area (Å²) in [5.74, 6) is 2.11. The minimum Gasteiger partial charge on any atom is -0.488 e. The zero-order chi connectivity index (χ0) is 22.4. The van der Waals surface area contributed by atoms with Crippen LogP contribution >= 0.6 is 0 Å². The molecule has 9 nitrogen and oxygen atoms in total. The van der Waals surface area contributed by atoms with Gasteiger partial charge in [-0.1, -0.05) is 0 Å². The van der Waals surface area contributed by atoms with E-state index in [-0.39, 0.29) is 5.60 Å². The van der Waals surface area contributed by atoms with E-state index in [1.54, 1.807) is 6.20 Å². The zero-order valence-electron chi connectivity index (χ0n) is 18.6. The van der Waals surface area contributed by atoms with Gasteiger partial charge in [0.25, 0.3) is 0 Å². The molecule has 2 saturated heterocycles. The molecular weight excluding hydrogens is 418 g/mol. The minimum atomic E-state index is -0.234. The summed E-state index contributed by atoms with van der Waals surface area (Å²) >= 11 is 0. The SMILES string of the molecule is Cc1cc(-c2ccn3nc(Nc4ccc(C)nn4)cc3c2)c(OC[C@@]23CN[C@@H](CO2)C3)cn1. The summed E-state index contributed by atoms with van der Waals surface area (Å²) in [5, 5.41) is 19.5. The van der Waals surface area contributed by atoms with E-state index < -0.39 is 0 Å². The van der Waals surface area contributed by atoms with Crippen molar-refractivity contribution in [3.05, 3.63) is 60.2 Å². The maximum atomic E-state index is 6.28. The highest BCUT2D eigenvalue weighted by atomic mass is 16.6. The zero-order valence-corrected chi connectivity index (χ0v) is 18.6. The van der Waals surface area contributed by atoms with Gasteiger partial charge in [-0.3, -0.25) is 4.98 Å². The average Bonchev–Trinajstić information content (AvgIpc) is 3.53. The Morgan fingerprint density at radius 3 is 2.85 bits per heavy atom. The van der Waals surface area contributed by atoms with Gasteiger partial charge in [0.2, 0.25) is 0 Å². The van der Waals surface area contributed by atoms with Crippen molar-refractivity contribution in [1.82, 2.24) is 30.1 Å². The Labute approximate surface area is 191 Å². The molecule has 0 amide bonds. The molecule has 6 heterocycles. The number of nitrogens with zero attached hydrogens (tertiary/aromatic N) is 5. The van der Waals surface area contributed by atoms with Crippen LogP contribution in [0.4, 0.5) is 11.6 Å². The molecule has 2 bridgehead atoms. The van der Waals surface area contributed by atoms with Crippen LogP contribution in [0.1, 0.15) is 17.8 Å². The molecule has 9 heteroatoms. The number of morpholine rings is 1. The largest absolute Gasteiger partial charge is 0.488 e. The molecule has 0 radical (unpaired) electrons. The number of aryl methyl sites for hydroxylation is 2. The lowest BCUT2D eigenvalue weighted by atomic mass is 10.0. The highest BCUT2D eigenvalue weighted by Crippen LogP contribution is 2.35. The molecule has 4 aromatic heterocycles. The Balaban J connectivity index is 1.27. The molecule has 2 aliphatic heterocycles. The fourth-order valence-electron chi connectivity index (χ4n) is 4.50. The molecule has 2 atom stereocenters. The molecule has 0 spiro atoms. The van der Waals surface area contributed by atoms with Crippen molar-refractivity contribution in [1.29, 1.82) is 0 Å². The molecule has 2 fully saturated rings. The second-order valence-corrected chi connectivity index (χ2v) is 8.89. The van der Waals surface area contributed by atoms with Crippen LogP contribution in [0.2, 0.25) is 0 Å². The van der Waals surface area contributed by atoms with E-state index in [0.717, 1.165) is 53.4 Å². The van der Waals surface area contributed by atoms with Gasteiger partial charge in [0.05, 0.1) is 24.0 Å². The standard InChI is InChI=1S/C24H25N7O2/c1-15-3-4-22(29-28-15)27-23-9-19-8-17(5-6-31(19)30-23)20-7-16(2)25-11-21(20)32-14-24-10-18(12-33-24)26-13-24/h3-9,11,18,26H,10,12-14H2,1-2H3,(H,27,29,30)/t18-,24-/m1/s1. The normalized spacial score (nSPS) is 21.6. The van der Waals surface area contributed by atoms with E-state index in [9.17, 15) is 0 Å². The summed E-state index contributed by atoms with van der Waals surface area (Å²) in [6, 6.07) is 12.4. The highest BCUT2D eigenvalue weighted by molar-refractivity contribution is 5.75. The topological polar surface area (TPSA) is 98.5 Å². The van der Waals surface area contributed by atoms with E-state index in [1.807, 2.05) is 48.8 Å². The summed E-state index contributed by atoms with van der Waals surface area (Å²) in [4.78, 5) is 4.47. The van der Waals surface area contributed by atoms with Crippen molar-refractivity contribution < 1.29 is 9.47 Å². The quantitative estimate of drug-likeness (QED) is 0.469. The van der Waals surface area contributed by atoms with Gasteiger partial charge in [0.1, 0.15) is 18.0 Å². The van der Waals surface area contributed by atoms with Gasteiger partial charge in [-0.15, -0.1) is 5.10 Å². The number of anilines is 2. The minimum absolute atomic E-state index is 0.234. The van der Waals surface area contributed by atoms with Crippen molar-refractivity contribution in [2.24, 2.45) is 0 Å². The van der Waals surface area contributed by atoms with Gasteiger partial charge in [-0.05, 0) is 56.2 Å². The number of hydrogen-bond donors (Lipinski definition) is 2. The van der Waals surface area contributed by atoms with Gasteiger partial charge < -0.3 is 20.1 Å². The smallest absolute Gasteiger partial charge is 0.154 e. The van der Waals surface area contributed by atoms with Crippen LogP contribution in [-0.2, 0) is 4.74 Å². The second-order valence-electron chi connectivity index (χ2n) is 8.89. The van der Waals surface area contributed by atoms with Crippen molar-refractivity contribution >= 4 is 17.2 Å². The molecule has 168 valence electrons. The third-order valence-electron chi connectivity index (χ3n) is 6.25. The Hall–Kier alpha value is -3.56. The lowest BCUT2D eigenvalue weighted by Gasteiger charge is -2.27. The maximum absolute atomic E-state index is 6.28.